The van der Waals surface area contributed by atoms with Crippen LogP contribution in [0.15, 0.2) is 24.3 Å². The van der Waals surface area contributed by atoms with Crippen molar-refractivity contribution in [1.82, 2.24) is 13.9 Å². The minimum Gasteiger partial charge on any atom is -0.352 e. The fourth-order valence-electron chi connectivity index (χ4n) is 4.53. The number of piperidine rings is 2. The van der Waals surface area contributed by atoms with Crippen molar-refractivity contribution < 1.29 is 13.2 Å². The van der Waals surface area contributed by atoms with Crippen molar-refractivity contribution >= 4 is 16.1 Å². The molecule has 2 aliphatic heterocycles. The predicted molar refractivity (Wildman–Crippen MR) is 115 cm³/mol. The van der Waals surface area contributed by atoms with E-state index in [-0.39, 0.29) is 11.8 Å². The first-order chi connectivity index (χ1) is 13.8. The summed E-state index contributed by atoms with van der Waals surface area (Å²) in [6.45, 7) is 8.92. The third-order valence-corrected chi connectivity index (χ3v) is 8.18. The molecule has 0 bridgehead atoms. The standard InChI is InChI=1S/C22H35N3O3S/c1-4-19-5-7-20(8-6-19)14-23-22(26)21-9-11-24(12-10-21)29(27,28)25-15-17(2)13-18(3)16-25/h5-8,17-18,21H,4,9-16H2,1-3H3,(H,23,26)/t17-,18+. The number of aryl methyl sites for hydroxylation is 1. The lowest BCUT2D eigenvalue weighted by Gasteiger charge is -2.39. The average Bonchev–Trinajstić information content (AvgIpc) is 2.71. The zero-order chi connectivity index (χ0) is 21.0. The monoisotopic (exact) mass is 421 g/mol. The van der Waals surface area contributed by atoms with E-state index in [9.17, 15) is 13.2 Å². The molecule has 1 aromatic carbocycles. The lowest BCUT2D eigenvalue weighted by atomic mass is 9.94. The summed E-state index contributed by atoms with van der Waals surface area (Å²) in [6.07, 6.45) is 3.25. The maximum atomic E-state index is 13.0. The Morgan fingerprint density at radius 3 is 2.10 bits per heavy atom. The minimum absolute atomic E-state index is 0.0295. The Balaban J connectivity index is 1.49. The number of nitrogens with zero attached hydrogens (tertiary/aromatic N) is 2. The van der Waals surface area contributed by atoms with Gasteiger partial charge in [-0.3, -0.25) is 4.79 Å². The number of rotatable bonds is 6. The highest BCUT2D eigenvalue weighted by atomic mass is 32.2. The molecule has 0 aromatic heterocycles. The number of carbonyl (C=O) groups excluding carboxylic acids is 1. The highest BCUT2D eigenvalue weighted by molar-refractivity contribution is 7.86. The first-order valence-electron chi connectivity index (χ1n) is 10.9. The van der Waals surface area contributed by atoms with Gasteiger partial charge in [-0.15, -0.1) is 0 Å². The van der Waals surface area contributed by atoms with E-state index in [1.54, 1.807) is 8.61 Å². The zero-order valence-electron chi connectivity index (χ0n) is 17.9. The Labute approximate surface area is 175 Å². The average molecular weight is 422 g/mol. The summed E-state index contributed by atoms with van der Waals surface area (Å²) in [5.41, 5.74) is 2.37. The number of carbonyl (C=O) groups is 1. The van der Waals surface area contributed by atoms with Crippen LogP contribution in [-0.4, -0.2) is 49.1 Å². The maximum absolute atomic E-state index is 13.0. The van der Waals surface area contributed by atoms with Crippen LogP contribution >= 0.6 is 0 Å². The smallest absolute Gasteiger partial charge is 0.281 e. The molecule has 0 spiro atoms. The van der Waals surface area contributed by atoms with Gasteiger partial charge in [-0.05, 0) is 48.6 Å². The van der Waals surface area contributed by atoms with Crippen LogP contribution in [0.2, 0.25) is 0 Å². The molecule has 162 valence electrons. The van der Waals surface area contributed by atoms with Crippen LogP contribution in [0.25, 0.3) is 0 Å². The second-order valence-corrected chi connectivity index (χ2v) is 10.8. The fraction of sp³-hybridized carbons (Fsp3) is 0.682. The second-order valence-electron chi connectivity index (χ2n) is 8.83. The van der Waals surface area contributed by atoms with Crippen molar-refractivity contribution in [2.24, 2.45) is 17.8 Å². The van der Waals surface area contributed by atoms with Crippen molar-refractivity contribution in [1.29, 1.82) is 0 Å². The Morgan fingerprint density at radius 1 is 1.00 bits per heavy atom. The topological polar surface area (TPSA) is 69.7 Å². The molecule has 2 saturated heterocycles. The Bertz CT molecular complexity index is 776. The van der Waals surface area contributed by atoms with Crippen LogP contribution in [0, 0.1) is 17.8 Å². The number of amides is 1. The van der Waals surface area contributed by atoms with Gasteiger partial charge in [0.25, 0.3) is 10.2 Å². The molecule has 6 nitrogen and oxygen atoms in total. The van der Waals surface area contributed by atoms with Gasteiger partial charge in [0.15, 0.2) is 0 Å². The Hall–Kier alpha value is -1.44. The molecular formula is C22H35N3O3S. The SMILES string of the molecule is CCc1ccc(CNC(=O)C2CCN(S(=O)(=O)N3C[C@H](C)C[C@H](C)C3)CC2)cc1. The first kappa shape index (κ1) is 22.2. The highest BCUT2D eigenvalue weighted by Gasteiger charge is 2.37. The maximum Gasteiger partial charge on any atom is 0.281 e. The molecular weight excluding hydrogens is 386 g/mol. The van der Waals surface area contributed by atoms with E-state index >= 15 is 0 Å². The van der Waals surface area contributed by atoms with Gasteiger partial charge in [0.2, 0.25) is 5.91 Å². The van der Waals surface area contributed by atoms with Gasteiger partial charge in [0, 0.05) is 38.6 Å². The summed E-state index contributed by atoms with van der Waals surface area (Å²) in [4.78, 5) is 12.5. The molecule has 3 rings (SSSR count). The van der Waals surface area contributed by atoms with Crippen molar-refractivity contribution in [3.05, 3.63) is 35.4 Å². The van der Waals surface area contributed by atoms with Gasteiger partial charge in [0.05, 0.1) is 0 Å². The molecule has 1 N–H and O–H groups in total. The van der Waals surface area contributed by atoms with Crippen LogP contribution in [0.1, 0.15) is 51.2 Å². The van der Waals surface area contributed by atoms with Gasteiger partial charge >= 0.3 is 0 Å². The van der Waals surface area contributed by atoms with Gasteiger partial charge in [-0.2, -0.15) is 17.0 Å². The molecule has 0 saturated carbocycles. The molecule has 0 aliphatic carbocycles. The van der Waals surface area contributed by atoms with Gasteiger partial charge in [-0.1, -0.05) is 45.0 Å². The van der Waals surface area contributed by atoms with Crippen LogP contribution in [0.5, 0.6) is 0 Å². The summed E-state index contributed by atoms with van der Waals surface area (Å²) in [7, 11) is -3.43. The molecule has 0 radical (unpaired) electrons. The first-order valence-corrected chi connectivity index (χ1v) is 12.3. The third kappa shape index (κ3) is 5.58. The number of hydrogen-bond donors (Lipinski definition) is 1. The number of nitrogens with one attached hydrogen (secondary N) is 1. The summed E-state index contributed by atoms with van der Waals surface area (Å²) in [5.74, 6) is 0.698. The molecule has 2 atom stereocenters. The second kappa shape index (κ2) is 9.58. The van der Waals surface area contributed by atoms with E-state index in [4.69, 9.17) is 0 Å². The molecule has 1 amide bonds. The summed E-state index contributed by atoms with van der Waals surface area (Å²) in [5, 5.41) is 3.02. The van der Waals surface area contributed by atoms with Gasteiger partial charge in [0.1, 0.15) is 0 Å². The summed E-state index contributed by atoms with van der Waals surface area (Å²) < 4.78 is 29.3. The van der Waals surface area contributed by atoms with Crippen molar-refractivity contribution in [2.45, 2.75) is 53.0 Å². The molecule has 7 heteroatoms. The van der Waals surface area contributed by atoms with E-state index in [0.717, 1.165) is 18.4 Å². The lowest BCUT2D eigenvalue weighted by Crippen LogP contribution is -2.52. The third-order valence-electron chi connectivity index (χ3n) is 6.21. The minimum atomic E-state index is -3.43. The van der Waals surface area contributed by atoms with Crippen molar-refractivity contribution in [2.75, 3.05) is 26.2 Å². The summed E-state index contributed by atoms with van der Waals surface area (Å²) >= 11 is 0. The molecule has 2 heterocycles. The van der Waals surface area contributed by atoms with Crippen LogP contribution in [0.4, 0.5) is 0 Å². The van der Waals surface area contributed by atoms with E-state index in [2.05, 4.69) is 50.4 Å². The van der Waals surface area contributed by atoms with Gasteiger partial charge < -0.3 is 5.32 Å². The van der Waals surface area contributed by atoms with Crippen molar-refractivity contribution in [3.8, 4) is 0 Å². The molecule has 29 heavy (non-hydrogen) atoms. The molecule has 2 fully saturated rings. The highest BCUT2D eigenvalue weighted by Crippen LogP contribution is 2.27. The van der Waals surface area contributed by atoms with Crippen LogP contribution in [-0.2, 0) is 28.0 Å². The number of benzene rings is 1. The fourth-order valence-corrected chi connectivity index (χ4v) is 6.42. The quantitative estimate of drug-likeness (QED) is 0.768. The molecule has 0 unspecified atom stereocenters. The largest absolute Gasteiger partial charge is 0.352 e. The zero-order valence-corrected chi connectivity index (χ0v) is 18.7. The summed E-state index contributed by atoms with van der Waals surface area (Å²) in [6, 6.07) is 8.28. The van der Waals surface area contributed by atoms with Gasteiger partial charge in [-0.25, -0.2) is 0 Å². The van der Waals surface area contributed by atoms with Crippen LogP contribution in [0.3, 0.4) is 0 Å². The van der Waals surface area contributed by atoms with E-state index < -0.39 is 10.2 Å². The van der Waals surface area contributed by atoms with E-state index in [0.29, 0.717) is 57.4 Å². The normalized spacial score (nSPS) is 25.1. The molecule has 1 aromatic rings. The Kier molecular flexibility index (Phi) is 7.35. The van der Waals surface area contributed by atoms with Crippen molar-refractivity contribution in [3.63, 3.8) is 0 Å². The van der Waals surface area contributed by atoms with Crippen LogP contribution < -0.4 is 5.32 Å². The predicted octanol–water partition coefficient (Wildman–Crippen LogP) is 2.80. The molecule has 2 aliphatic rings. The van der Waals surface area contributed by atoms with E-state index in [1.807, 2.05) is 0 Å². The van der Waals surface area contributed by atoms with E-state index in [1.165, 1.54) is 5.56 Å². The number of hydrogen-bond acceptors (Lipinski definition) is 3. The Morgan fingerprint density at radius 2 is 1.55 bits per heavy atom. The lowest BCUT2D eigenvalue weighted by molar-refractivity contribution is -0.126.